The molecule has 2 aromatic rings. The minimum absolute atomic E-state index is 0.0389. The van der Waals surface area contributed by atoms with Crippen molar-refractivity contribution in [3.63, 3.8) is 0 Å². The molecule has 132 valence electrons. The van der Waals surface area contributed by atoms with Crippen molar-refractivity contribution in [2.45, 2.75) is 18.6 Å². The Labute approximate surface area is 150 Å². The quantitative estimate of drug-likeness (QED) is 0.489. The first-order valence-corrected chi connectivity index (χ1v) is 8.30. The molecular weight excluding hydrogens is 332 g/mol. The molecule has 0 fully saturated rings. The van der Waals surface area contributed by atoms with Crippen molar-refractivity contribution >= 4 is 5.97 Å². The highest BCUT2D eigenvalue weighted by molar-refractivity contribution is 5.96. The SMILES string of the molecule is C=CC1C(/C=C(\C)O)Oc2cc(O)ccc2C12OC(=O)c1ccccc12. The second-order valence-electron chi connectivity index (χ2n) is 6.50. The van der Waals surface area contributed by atoms with Gasteiger partial charge in [-0.15, -0.1) is 6.58 Å². The lowest BCUT2D eigenvalue weighted by Crippen LogP contribution is -2.47. The summed E-state index contributed by atoms with van der Waals surface area (Å²) in [6.07, 6.45) is 2.61. The molecule has 0 bridgehead atoms. The number of carbonyl (C=O) groups is 1. The van der Waals surface area contributed by atoms with Crippen molar-refractivity contribution in [2.75, 3.05) is 0 Å². The molecule has 2 aliphatic rings. The maximum Gasteiger partial charge on any atom is 0.339 e. The lowest BCUT2D eigenvalue weighted by Gasteiger charge is -2.43. The molecule has 0 aliphatic carbocycles. The van der Waals surface area contributed by atoms with E-state index < -0.39 is 23.6 Å². The van der Waals surface area contributed by atoms with E-state index >= 15 is 0 Å². The number of carbonyl (C=O) groups excluding carboxylic acids is 1. The van der Waals surface area contributed by atoms with E-state index in [2.05, 4.69) is 6.58 Å². The lowest BCUT2D eigenvalue weighted by atomic mass is 9.71. The highest BCUT2D eigenvalue weighted by Crippen LogP contribution is 2.55. The van der Waals surface area contributed by atoms with Crippen molar-refractivity contribution in [3.8, 4) is 11.5 Å². The summed E-state index contributed by atoms with van der Waals surface area (Å²) in [5.41, 5.74) is 0.717. The van der Waals surface area contributed by atoms with E-state index in [0.29, 0.717) is 16.9 Å². The van der Waals surface area contributed by atoms with E-state index in [1.54, 1.807) is 37.3 Å². The Bertz CT molecular complexity index is 941. The highest BCUT2D eigenvalue weighted by Gasteiger charge is 2.57. The first-order chi connectivity index (χ1) is 12.5. The number of hydrogen-bond donors (Lipinski definition) is 2. The smallest absolute Gasteiger partial charge is 0.339 e. The number of allylic oxidation sites excluding steroid dienone is 1. The zero-order valence-corrected chi connectivity index (χ0v) is 14.2. The molecule has 4 rings (SSSR count). The van der Waals surface area contributed by atoms with Crippen molar-refractivity contribution in [3.05, 3.63) is 83.6 Å². The van der Waals surface area contributed by atoms with Crippen LogP contribution in [0.25, 0.3) is 0 Å². The van der Waals surface area contributed by atoms with Gasteiger partial charge in [0.05, 0.1) is 17.2 Å². The normalized spacial score (nSPS) is 26.7. The molecule has 2 heterocycles. The van der Waals surface area contributed by atoms with Crippen LogP contribution in [-0.2, 0) is 10.3 Å². The molecule has 2 aliphatic heterocycles. The molecule has 26 heavy (non-hydrogen) atoms. The molecule has 0 aromatic heterocycles. The van der Waals surface area contributed by atoms with Gasteiger partial charge in [-0.05, 0) is 31.2 Å². The fraction of sp³-hybridized carbons (Fsp3) is 0.190. The highest BCUT2D eigenvalue weighted by atomic mass is 16.6. The third-order valence-corrected chi connectivity index (χ3v) is 4.91. The number of aromatic hydroxyl groups is 1. The van der Waals surface area contributed by atoms with Gasteiger partial charge in [0.2, 0.25) is 0 Å². The van der Waals surface area contributed by atoms with E-state index in [1.165, 1.54) is 12.1 Å². The minimum atomic E-state index is -1.13. The monoisotopic (exact) mass is 350 g/mol. The van der Waals surface area contributed by atoms with Gasteiger partial charge in [-0.25, -0.2) is 4.79 Å². The predicted octanol–water partition coefficient (Wildman–Crippen LogP) is 3.83. The Morgan fingerprint density at radius 1 is 1.23 bits per heavy atom. The van der Waals surface area contributed by atoms with Crippen LogP contribution in [0, 0.1) is 5.92 Å². The third-order valence-electron chi connectivity index (χ3n) is 4.91. The summed E-state index contributed by atoms with van der Waals surface area (Å²) in [7, 11) is 0. The zero-order chi connectivity index (χ0) is 18.5. The Kier molecular flexibility index (Phi) is 3.54. The second kappa shape index (κ2) is 5.66. The molecule has 3 atom stereocenters. The van der Waals surface area contributed by atoms with Crippen molar-refractivity contribution in [1.82, 2.24) is 0 Å². The molecule has 2 N–H and O–H groups in total. The van der Waals surface area contributed by atoms with Gasteiger partial charge < -0.3 is 19.7 Å². The number of esters is 1. The Hall–Kier alpha value is -3.21. The molecule has 5 heteroatoms. The van der Waals surface area contributed by atoms with Crippen LogP contribution in [-0.4, -0.2) is 22.3 Å². The summed E-state index contributed by atoms with van der Waals surface area (Å²) in [5.74, 6) is -0.364. The molecule has 0 saturated heterocycles. The van der Waals surface area contributed by atoms with E-state index in [-0.39, 0.29) is 11.5 Å². The molecule has 2 aromatic carbocycles. The number of rotatable bonds is 2. The number of fused-ring (bicyclic) bond motifs is 4. The Morgan fingerprint density at radius 3 is 2.73 bits per heavy atom. The molecule has 5 nitrogen and oxygen atoms in total. The summed E-state index contributed by atoms with van der Waals surface area (Å²) in [6, 6.07) is 11.9. The van der Waals surface area contributed by atoms with Gasteiger partial charge in [0, 0.05) is 17.2 Å². The molecular formula is C21H18O5. The van der Waals surface area contributed by atoms with Crippen LogP contribution in [0.4, 0.5) is 0 Å². The van der Waals surface area contributed by atoms with Gasteiger partial charge in [0.1, 0.15) is 17.6 Å². The lowest BCUT2D eigenvalue weighted by molar-refractivity contribution is -0.0414. The maximum absolute atomic E-state index is 12.6. The summed E-state index contributed by atoms with van der Waals surface area (Å²) in [4.78, 5) is 12.6. The zero-order valence-electron chi connectivity index (χ0n) is 14.2. The number of phenols is 1. The van der Waals surface area contributed by atoms with Gasteiger partial charge >= 0.3 is 5.97 Å². The molecule has 0 saturated carbocycles. The van der Waals surface area contributed by atoms with Crippen molar-refractivity contribution in [2.24, 2.45) is 5.92 Å². The van der Waals surface area contributed by atoms with Crippen molar-refractivity contribution < 1.29 is 24.5 Å². The first-order valence-electron chi connectivity index (χ1n) is 8.30. The molecule has 3 unspecified atom stereocenters. The second-order valence-corrected chi connectivity index (χ2v) is 6.50. The molecule has 0 radical (unpaired) electrons. The van der Waals surface area contributed by atoms with Crippen LogP contribution in [0.1, 0.15) is 28.4 Å². The van der Waals surface area contributed by atoms with E-state index in [0.717, 1.165) is 5.56 Å². The summed E-state index contributed by atoms with van der Waals surface area (Å²) >= 11 is 0. The average Bonchev–Trinajstić information content (AvgIpc) is 2.88. The maximum atomic E-state index is 12.6. The number of hydrogen-bond acceptors (Lipinski definition) is 5. The minimum Gasteiger partial charge on any atom is -0.513 e. The topological polar surface area (TPSA) is 76.0 Å². The first kappa shape index (κ1) is 16.3. The van der Waals surface area contributed by atoms with Crippen LogP contribution >= 0.6 is 0 Å². The van der Waals surface area contributed by atoms with Crippen LogP contribution in [0.5, 0.6) is 11.5 Å². The summed E-state index contributed by atoms with van der Waals surface area (Å²) in [5, 5.41) is 19.7. The predicted molar refractivity (Wildman–Crippen MR) is 95.2 cm³/mol. The number of aliphatic hydroxyl groups is 1. The Morgan fingerprint density at radius 2 is 2.00 bits per heavy atom. The summed E-state index contributed by atoms with van der Waals surface area (Å²) in [6.45, 7) is 5.46. The Balaban J connectivity index is 2.05. The van der Waals surface area contributed by atoms with Gasteiger partial charge in [-0.3, -0.25) is 0 Å². The fourth-order valence-electron chi connectivity index (χ4n) is 3.91. The number of ether oxygens (including phenoxy) is 2. The third kappa shape index (κ3) is 2.13. The number of aliphatic hydroxyl groups excluding tert-OH is 1. The number of phenolic OH excluding ortho intramolecular Hbond substituents is 1. The molecule has 0 amide bonds. The van der Waals surface area contributed by atoms with Crippen LogP contribution in [0.3, 0.4) is 0 Å². The largest absolute Gasteiger partial charge is 0.513 e. The van der Waals surface area contributed by atoms with E-state index in [4.69, 9.17) is 9.47 Å². The summed E-state index contributed by atoms with van der Waals surface area (Å²) < 4.78 is 12.0. The van der Waals surface area contributed by atoms with Gasteiger partial charge in [-0.1, -0.05) is 24.3 Å². The van der Waals surface area contributed by atoms with Gasteiger partial charge in [0.15, 0.2) is 5.60 Å². The van der Waals surface area contributed by atoms with Gasteiger partial charge in [0.25, 0.3) is 0 Å². The average molecular weight is 350 g/mol. The van der Waals surface area contributed by atoms with E-state index in [1.807, 2.05) is 12.1 Å². The van der Waals surface area contributed by atoms with Crippen molar-refractivity contribution in [1.29, 1.82) is 0 Å². The van der Waals surface area contributed by atoms with Crippen LogP contribution in [0.2, 0.25) is 0 Å². The van der Waals surface area contributed by atoms with E-state index in [9.17, 15) is 15.0 Å². The molecule has 1 spiro atoms. The van der Waals surface area contributed by atoms with Crippen LogP contribution < -0.4 is 4.74 Å². The standard InChI is InChI=1S/C21H18O5/c1-3-15-18(10-12(2)22)25-19-11-13(23)8-9-17(19)21(15)16-7-5-4-6-14(16)20(24)26-21/h3-11,15,18,22-23H,1H2,2H3/b12-10+. The van der Waals surface area contributed by atoms with Crippen LogP contribution in [0.15, 0.2) is 67.0 Å². The fourth-order valence-corrected chi connectivity index (χ4v) is 3.91. The number of benzene rings is 2. The van der Waals surface area contributed by atoms with Gasteiger partial charge in [-0.2, -0.15) is 0 Å².